The zero-order valence-electron chi connectivity index (χ0n) is 12.1. The highest BCUT2D eigenvalue weighted by Crippen LogP contribution is 2.33. The number of alkyl halides is 3. The Morgan fingerprint density at radius 2 is 1.76 bits per heavy atom. The molecule has 2 rings (SSSR count). The van der Waals surface area contributed by atoms with Crippen LogP contribution in [0.4, 0.5) is 13.2 Å². The average molecular weight is 298 g/mol. The Balaban J connectivity index is 2.52. The zero-order chi connectivity index (χ0) is 15.8. The predicted molar refractivity (Wildman–Crippen MR) is 74.6 cm³/mol. The van der Waals surface area contributed by atoms with Crippen LogP contribution >= 0.6 is 0 Å². The number of aromatic nitrogens is 2. The van der Waals surface area contributed by atoms with Gasteiger partial charge in [-0.15, -0.1) is 0 Å². The molecule has 0 bridgehead atoms. The summed E-state index contributed by atoms with van der Waals surface area (Å²) >= 11 is 0. The van der Waals surface area contributed by atoms with E-state index in [2.05, 4.69) is 5.10 Å². The maximum Gasteiger partial charge on any atom is 0.418 e. The molecule has 0 radical (unpaired) electrons. The normalized spacial score (nSPS) is 12.7. The van der Waals surface area contributed by atoms with Gasteiger partial charge in [0.2, 0.25) is 0 Å². The summed E-state index contributed by atoms with van der Waals surface area (Å²) < 4.78 is 40.0. The minimum Gasteiger partial charge on any atom is -0.295 e. The summed E-state index contributed by atoms with van der Waals surface area (Å²) in [5.74, 6) is 0. The number of aromatic amines is 1. The van der Waals surface area contributed by atoms with E-state index >= 15 is 0 Å². The first kappa shape index (κ1) is 15.4. The quantitative estimate of drug-likeness (QED) is 0.900. The van der Waals surface area contributed by atoms with Gasteiger partial charge in [-0.3, -0.25) is 9.89 Å². The highest BCUT2D eigenvalue weighted by atomic mass is 19.4. The molecule has 0 saturated carbocycles. The maximum atomic E-state index is 13.0. The van der Waals surface area contributed by atoms with Crippen LogP contribution in [0.2, 0.25) is 0 Å². The topological polar surface area (TPSA) is 37.8 Å². The van der Waals surface area contributed by atoms with Crippen molar-refractivity contribution in [3.8, 4) is 5.69 Å². The van der Waals surface area contributed by atoms with E-state index in [-0.39, 0.29) is 11.1 Å². The van der Waals surface area contributed by atoms with Crippen LogP contribution in [0.15, 0.2) is 35.1 Å². The highest BCUT2D eigenvalue weighted by molar-refractivity contribution is 5.42. The molecule has 0 fully saturated rings. The lowest BCUT2D eigenvalue weighted by molar-refractivity contribution is -0.137. The van der Waals surface area contributed by atoms with Gasteiger partial charge in [0.25, 0.3) is 5.56 Å². The summed E-state index contributed by atoms with van der Waals surface area (Å²) in [6, 6.07) is 6.36. The van der Waals surface area contributed by atoms with Gasteiger partial charge in [0.05, 0.1) is 11.3 Å². The van der Waals surface area contributed by atoms with Crippen LogP contribution in [0.1, 0.15) is 32.0 Å². The lowest BCUT2D eigenvalue weighted by atomic mass is 9.91. The fourth-order valence-corrected chi connectivity index (χ4v) is 2.19. The standard InChI is InChI=1S/C15H17F3N2O/c1-14(2,3)9-10-8-13(21)20(19-10)12-7-5-4-6-11(12)15(16,17)18/h4-8,19H,9H2,1-3H3. The molecule has 0 amide bonds. The number of nitrogens with one attached hydrogen (secondary N) is 1. The second kappa shape index (κ2) is 5.09. The number of rotatable bonds is 2. The molecule has 3 nitrogen and oxygen atoms in total. The second-order valence-corrected chi connectivity index (χ2v) is 6.21. The molecule has 6 heteroatoms. The summed E-state index contributed by atoms with van der Waals surface area (Å²) in [5.41, 5.74) is -0.972. The molecular formula is C15H17F3N2O. The van der Waals surface area contributed by atoms with Crippen LogP contribution in [-0.4, -0.2) is 9.78 Å². The van der Waals surface area contributed by atoms with E-state index in [1.807, 2.05) is 20.8 Å². The number of hydrogen-bond donors (Lipinski definition) is 1. The molecular weight excluding hydrogens is 281 g/mol. The number of halogens is 3. The Hall–Kier alpha value is -1.98. The Kier molecular flexibility index (Phi) is 3.74. The van der Waals surface area contributed by atoms with Gasteiger partial charge in [0.1, 0.15) is 0 Å². The summed E-state index contributed by atoms with van der Waals surface area (Å²) in [7, 11) is 0. The Morgan fingerprint density at radius 1 is 1.14 bits per heavy atom. The Morgan fingerprint density at radius 3 is 2.33 bits per heavy atom. The smallest absolute Gasteiger partial charge is 0.295 e. The number of para-hydroxylation sites is 1. The van der Waals surface area contributed by atoms with E-state index in [0.29, 0.717) is 12.1 Å². The van der Waals surface area contributed by atoms with Crippen molar-refractivity contribution in [2.45, 2.75) is 33.4 Å². The van der Waals surface area contributed by atoms with Crippen molar-refractivity contribution in [3.63, 3.8) is 0 Å². The first-order valence-corrected chi connectivity index (χ1v) is 6.55. The van der Waals surface area contributed by atoms with Crippen molar-refractivity contribution in [1.82, 2.24) is 9.78 Å². The van der Waals surface area contributed by atoms with Gasteiger partial charge in [0.15, 0.2) is 0 Å². The molecule has 2 aromatic rings. The van der Waals surface area contributed by atoms with Crippen molar-refractivity contribution in [2.75, 3.05) is 0 Å². The van der Waals surface area contributed by atoms with E-state index in [4.69, 9.17) is 0 Å². The summed E-state index contributed by atoms with van der Waals surface area (Å²) in [4.78, 5) is 12.0. The van der Waals surface area contributed by atoms with Gasteiger partial charge in [-0.2, -0.15) is 13.2 Å². The van der Waals surface area contributed by atoms with Crippen LogP contribution in [-0.2, 0) is 12.6 Å². The third-order valence-corrected chi connectivity index (χ3v) is 2.94. The Bertz CT molecular complexity index is 690. The van der Waals surface area contributed by atoms with Crippen molar-refractivity contribution in [2.24, 2.45) is 5.41 Å². The highest BCUT2D eigenvalue weighted by Gasteiger charge is 2.34. The van der Waals surface area contributed by atoms with Gasteiger partial charge in [-0.1, -0.05) is 32.9 Å². The van der Waals surface area contributed by atoms with Crippen molar-refractivity contribution < 1.29 is 13.2 Å². The van der Waals surface area contributed by atoms with Gasteiger partial charge in [-0.05, 0) is 24.0 Å². The lowest BCUT2D eigenvalue weighted by Crippen LogP contribution is -2.19. The molecule has 0 aliphatic carbocycles. The largest absolute Gasteiger partial charge is 0.418 e. The fraction of sp³-hybridized carbons (Fsp3) is 0.400. The second-order valence-electron chi connectivity index (χ2n) is 6.21. The van der Waals surface area contributed by atoms with Crippen LogP contribution in [0, 0.1) is 5.41 Å². The molecule has 0 atom stereocenters. The third kappa shape index (κ3) is 3.56. The van der Waals surface area contributed by atoms with E-state index in [1.54, 1.807) is 0 Å². The van der Waals surface area contributed by atoms with E-state index in [1.165, 1.54) is 24.3 Å². The SMILES string of the molecule is CC(C)(C)Cc1cc(=O)n(-c2ccccc2C(F)(F)F)[nH]1. The molecule has 0 unspecified atom stereocenters. The molecule has 0 saturated heterocycles. The third-order valence-electron chi connectivity index (χ3n) is 2.94. The number of H-pyrrole nitrogens is 1. The number of benzene rings is 1. The van der Waals surface area contributed by atoms with Crippen LogP contribution in [0.25, 0.3) is 5.69 Å². The summed E-state index contributed by atoms with van der Waals surface area (Å²) in [6.45, 7) is 5.98. The predicted octanol–water partition coefficient (Wildman–Crippen LogP) is 3.77. The molecule has 1 aromatic carbocycles. The Labute approximate surface area is 120 Å². The van der Waals surface area contributed by atoms with Crippen molar-refractivity contribution in [1.29, 1.82) is 0 Å². The van der Waals surface area contributed by atoms with Crippen molar-refractivity contribution in [3.05, 3.63) is 51.9 Å². The van der Waals surface area contributed by atoms with E-state index < -0.39 is 17.3 Å². The van der Waals surface area contributed by atoms with E-state index in [9.17, 15) is 18.0 Å². The monoisotopic (exact) mass is 298 g/mol. The van der Waals surface area contributed by atoms with Gasteiger partial charge < -0.3 is 0 Å². The molecule has 0 aliphatic rings. The van der Waals surface area contributed by atoms with E-state index in [0.717, 1.165) is 10.7 Å². The number of hydrogen-bond acceptors (Lipinski definition) is 1. The van der Waals surface area contributed by atoms with Crippen LogP contribution in [0.5, 0.6) is 0 Å². The first-order chi connectivity index (χ1) is 9.58. The van der Waals surface area contributed by atoms with Crippen LogP contribution in [0.3, 0.4) is 0 Å². The molecule has 114 valence electrons. The zero-order valence-corrected chi connectivity index (χ0v) is 12.1. The molecule has 21 heavy (non-hydrogen) atoms. The minimum atomic E-state index is -4.51. The van der Waals surface area contributed by atoms with Crippen LogP contribution < -0.4 is 5.56 Å². The number of nitrogens with zero attached hydrogens (tertiary/aromatic N) is 1. The minimum absolute atomic E-state index is 0.0708. The fourth-order valence-electron chi connectivity index (χ4n) is 2.19. The maximum absolute atomic E-state index is 13.0. The average Bonchev–Trinajstić information content (AvgIpc) is 2.66. The molecule has 0 spiro atoms. The molecule has 1 N–H and O–H groups in total. The first-order valence-electron chi connectivity index (χ1n) is 6.55. The molecule has 1 aromatic heterocycles. The van der Waals surface area contributed by atoms with Gasteiger partial charge in [0, 0.05) is 11.8 Å². The summed E-state index contributed by atoms with van der Waals surface area (Å²) in [6.07, 6.45) is -3.94. The van der Waals surface area contributed by atoms with Gasteiger partial charge in [-0.25, -0.2) is 4.68 Å². The lowest BCUT2D eigenvalue weighted by Gasteiger charge is -2.16. The van der Waals surface area contributed by atoms with Crippen molar-refractivity contribution >= 4 is 0 Å². The molecule has 1 heterocycles. The summed E-state index contributed by atoms with van der Waals surface area (Å²) in [5, 5.41) is 2.77. The molecule has 0 aliphatic heterocycles. The van der Waals surface area contributed by atoms with Gasteiger partial charge >= 0.3 is 6.18 Å².